The van der Waals surface area contributed by atoms with E-state index in [1.165, 1.54) is 63.7 Å². The van der Waals surface area contributed by atoms with Crippen molar-refractivity contribution < 1.29 is 0 Å². The minimum absolute atomic E-state index is 0.824. The van der Waals surface area contributed by atoms with Crippen molar-refractivity contribution in [3.8, 4) is 0 Å². The van der Waals surface area contributed by atoms with Gasteiger partial charge in [-0.1, -0.05) is 93.3 Å². The summed E-state index contributed by atoms with van der Waals surface area (Å²) in [4.78, 5) is 0. The molecule has 1 aliphatic heterocycles. The predicted molar refractivity (Wildman–Crippen MR) is 123 cm³/mol. The topological polar surface area (TPSA) is 0 Å². The Morgan fingerprint density at radius 2 is 1.15 bits per heavy atom. The van der Waals surface area contributed by atoms with E-state index < -0.39 is 7.26 Å². The Morgan fingerprint density at radius 1 is 0.667 bits per heavy atom. The maximum atomic E-state index is 2.50. The van der Waals surface area contributed by atoms with E-state index in [0.717, 1.165) is 11.3 Å². The summed E-state index contributed by atoms with van der Waals surface area (Å²) in [6, 6.07) is 23.0. The fourth-order valence-electron chi connectivity index (χ4n) is 5.42. The lowest BCUT2D eigenvalue weighted by Gasteiger charge is -2.34. The molecule has 0 saturated carbocycles. The summed E-state index contributed by atoms with van der Waals surface area (Å²) in [6.45, 7) is 4.81. The monoisotopic (exact) mass is 381 g/mol. The first kappa shape index (κ1) is 20.6. The molecule has 2 atom stereocenters. The quantitative estimate of drug-likeness (QED) is 0.285. The molecule has 0 unspecified atom stereocenters. The molecule has 0 amide bonds. The van der Waals surface area contributed by atoms with Crippen LogP contribution in [0.4, 0.5) is 0 Å². The van der Waals surface area contributed by atoms with Crippen molar-refractivity contribution in [3.63, 3.8) is 0 Å². The van der Waals surface area contributed by atoms with Crippen molar-refractivity contribution in [2.24, 2.45) is 0 Å². The number of hydrogen-bond acceptors (Lipinski definition) is 0. The smallest absolute Gasteiger partial charge is 0.0654 e. The Hall–Kier alpha value is -1.13. The largest absolute Gasteiger partial charge is 0.0952 e. The number of rotatable bonds is 10. The Labute approximate surface area is 168 Å². The molecule has 1 heteroatoms. The summed E-state index contributed by atoms with van der Waals surface area (Å²) < 4.78 is 0. The van der Waals surface area contributed by atoms with E-state index in [4.69, 9.17) is 0 Å². The summed E-state index contributed by atoms with van der Waals surface area (Å²) in [5, 5.41) is 0. The minimum atomic E-state index is -1.05. The molecule has 0 aromatic heterocycles. The van der Waals surface area contributed by atoms with Crippen LogP contribution in [0.15, 0.2) is 60.7 Å². The average molecular weight is 382 g/mol. The van der Waals surface area contributed by atoms with Crippen LogP contribution >= 0.6 is 7.26 Å². The van der Waals surface area contributed by atoms with Crippen LogP contribution in [0.2, 0.25) is 0 Å². The van der Waals surface area contributed by atoms with Gasteiger partial charge in [0.05, 0.1) is 23.6 Å². The Kier molecular flexibility index (Phi) is 7.95. The number of unbranched alkanes of at least 4 members (excludes halogenated alkanes) is 5. The van der Waals surface area contributed by atoms with E-state index in [9.17, 15) is 0 Å². The third-order valence-electron chi connectivity index (χ3n) is 6.84. The third kappa shape index (κ3) is 4.83. The van der Waals surface area contributed by atoms with Gasteiger partial charge in [-0.05, 0) is 43.7 Å². The van der Waals surface area contributed by atoms with Gasteiger partial charge < -0.3 is 0 Å². The standard InChI is InChI=1S/C26H38P/c1-3-5-6-7-8-15-22-27(4-2)25(23-16-11-9-12-17-23)20-21-26(27)24-18-13-10-14-19-24/h9-14,16-19,25-26H,3-8,15,20-22H2,1-2H3/q+1/t25-,26-/m0/s1. The van der Waals surface area contributed by atoms with Gasteiger partial charge in [-0.25, -0.2) is 0 Å². The Balaban J connectivity index is 1.81. The molecule has 0 N–H and O–H groups in total. The zero-order valence-electron chi connectivity index (χ0n) is 17.4. The molecule has 2 aromatic carbocycles. The van der Waals surface area contributed by atoms with Crippen LogP contribution in [-0.4, -0.2) is 12.3 Å². The number of benzene rings is 2. The first-order valence-corrected chi connectivity index (χ1v) is 13.6. The molecule has 1 aliphatic rings. The summed E-state index contributed by atoms with van der Waals surface area (Å²) in [5.74, 6) is 0. The van der Waals surface area contributed by atoms with Crippen LogP contribution in [-0.2, 0) is 0 Å². The SMILES string of the molecule is CCCCCCCC[P+]1(CC)[C@H](c2ccccc2)CC[C@H]1c1ccccc1. The normalized spacial score (nSPS) is 21.4. The molecular formula is C26H38P+. The molecule has 1 heterocycles. The zero-order valence-corrected chi connectivity index (χ0v) is 18.3. The van der Waals surface area contributed by atoms with E-state index in [2.05, 4.69) is 74.5 Å². The van der Waals surface area contributed by atoms with Gasteiger partial charge in [0, 0.05) is 7.26 Å². The van der Waals surface area contributed by atoms with Crippen LogP contribution in [0.1, 0.15) is 87.7 Å². The average Bonchev–Trinajstić information content (AvgIpc) is 3.11. The minimum Gasteiger partial charge on any atom is -0.0654 e. The molecule has 0 radical (unpaired) electrons. The van der Waals surface area contributed by atoms with Crippen molar-refractivity contribution in [1.29, 1.82) is 0 Å². The van der Waals surface area contributed by atoms with Crippen molar-refractivity contribution >= 4 is 7.26 Å². The van der Waals surface area contributed by atoms with Crippen molar-refractivity contribution in [2.75, 3.05) is 12.3 Å². The van der Waals surface area contributed by atoms with Gasteiger partial charge in [-0.3, -0.25) is 0 Å². The van der Waals surface area contributed by atoms with Crippen LogP contribution in [0.5, 0.6) is 0 Å². The molecule has 1 saturated heterocycles. The lowest BCUT2D eigenvalue weighted by molar-refractivity contribution is 0.624. The van der Waals surface area contributed by atoms with E-state index in [1.807, 2.05) is 0 Å². The summed E-state index contributed by atoms with van der Waals surface area (Å²) in [6.07, 6.45) is 14.2. The fraction of sp³-hybridized carbons (Fsp3) is 0.538. The van der Waals surface area contributed by atoms with Gasteiger partial charge in [0.2, 0.25) is 0 Å². The molecule has 0 spiro atoms. The highest BCUT2D eigenvalue weighted by Crippen LogP contribution is 2.84. The van der Waals surface area contributed by atoms with E-state index in [1.54, 1.807) is 11.1 Å². The van der Waals surface area contributed by atoms with Crippen molar-refractivity contribution in [3.05, 3.63) is 71.8 Å². The summed E-state index contributed by atoms with van der Waals surface area (Å²) in [7, 11) is -1.05. The second-order valence-corrected chi connectivity index (χ2v) is 12.9. The molecule has 27 heavy (non-hydrogen) atoms. The van der Waals surface area contributed by atoms with Crippen molar-refractivity contribution in [1.82, 2.24) is 0 Å². The first-order valence-electron chi connectivity index (χ1n) is 11.3. The second kappa shape index (κ2) is 10.4. The predicted octanol–water partition coefficient (Wildman–Crippen LogP) is 8.66. The first-order chi connectivity index (χ1) is 13.3. The summed E-state index contributed by atoms with van der Waals surface area (Å²) in [5.41, 5.74) is 4.89. The molecule has 2 aromatic rings. The van der Waals surface area contributed by atoms with Gasteiger partial charge in [-0.2, -0.15) is 0 Å². The van der Waals surface area contributed by atoms with Gasteiger partial charge in [0.1, 0.15) is 0 Å². The highest BCUT2D eigenvalue weighted by molar-refractivity contribution is 7.76. The molecule has 146 valence electrons. The highest BCUT2D eigenvalue weighted by atomic mass is 31.2. The van der Waals surface area contributed by atoms with Crippen molar-refractivity contribution in [2.45, 2.75) is 76.5 Å². The molecule has 3 rings (SSSR count). The zero-order chi connectivity index (χ0) is 19.0. The lowest BCUT2D eigenvalue weighted by atomic mass is 10.0. The van der Waals surface area contributed by atoms with Crippen LogP contribution in [0.3, 0.4) is 0 Å². The van der Waals surface area contributed by atoms with Crippen LogP contribution < -0.4 is 0 Å². The fourth-order valence-corrected chi connectivity index (χ4v) is 11.3. The van der Waals surface area contributed by atoms with Crippen LogP contribution in [0.25, 0.3) is 0 Å². The van der Waals surface area contributed by atoms with E-state index >= 15 is 0 Å². The number of hydrogen-bond donors (Lipinski definition) is 0. The molecule has 0 aliphatic carbocycles. The summed E-state index contributed by atoms with van der Waals surface area (Å²) >= 11 is 0. The molecule has 0 nitrogen and oxygen atoms in total. The maximum Gasteiger partial charge on any atom is 0.0952 e. The van der Waals surface area contributed by atoms with Gasteiger partial charge >= 0.3 is 0 Å². The van der Waals surface area contributed by atoms with Crippen LogP contribution in [0, 0.1) is 0 Å². The maximum absolute atomic E-state index is 2.50. The van der Waals surface area contributed by atoms with E-state index in [-0.39, 0.29) is 0 Å². The Morgan fingerprint density at radius 3 is 1.63 bits per heavy atom. The van der Waals surface area contributed by atoms with Gasteiger partial charge in [0.25, 0.3) is 0 Å². The van der Waals surface area contributed by atoms with E-state index in [0.29, 0.717) is 0 Å². The van der Waals surface area contributed by atoms with Gasteiger partial charge in [-0.15, -0.1) is 0 Å². The molecular weight excluding hydrogens is 343 g/mol. The lowest BCUT2D eigenvalue weighted by Crippen LogP contribution is -2.12. The van der Waals surface area contributed by atoms with Gasteiger partial charge in [0.15, 0.2) is 0 Å². The highest BCUT2D eigenvalue weighted by Gasteiger charge is 2.55. The Bertz CT molecular complexity index is 601. The molecule has 1 fully saturated rings. The third-order valence-corrected chi connectivity index (χ3v) is 12.8. The molecule has 0 bridgehead atoms. The second-order valence-electron chi connectivity index (χ2n) is 8.34.